The quantitative estimate of drug-likeness (QED) is 0.637. The number of methoxy groups -OCH3 is 1. The first-order valence-corrected chi connectivity index (χ1v) is 8.83. The monoisotopic (exact) mass is 360 g/mol. The van der Waals surface area contributed by atoms with Crippen LogP contribution in [0.3, 0.4) is 0 Å². The van der Waals surface area contributed by atoms with E-state index in [1.807, 2.05) is 47.6 Å². The third-order valence-electron chi connectivity index (χ3n) is 4.44. The Morgan fingerprint density at radius 1 is 0.885 bits per heavy atom. The van der Waals surface area contributed by atoms with Crippen LogP contribution in [0.15, 0.2) is 18.2 Å². The number of aromatic hydroxyl groups is 3. The molecule has 0 unspecified atom stereocenters. The second kappa shape index (κ2) is 8.35. The lowest BCUT2D eigenvalue weighted by Gasteiger charge is -2.24. The Morgan fingerprint density at radius 3 is 1.88 bits per heavy atom. The number of benzene rings is 2. The van der Waals surface area contributed by atoms with Crippen molar-refractivity contribution in [2.75, 3.05) is 7.11 Å². The normalized spacial score (nSPS) is 10.9. The minimum atomic E-state index is -0.153. The third-order valence-corrected chi connectivity index (χ3v) is 4.44. The van der Waals surface area contributed by atoms with Crippen LogP contribution in [0.4, 0.5) is 0 Å². The van der Waals surface area contributed by atoms with Crippen molar-refractivity contribution in [1.29, 1.82) is 0 Å². The van der Waals surface area contributed by atoms with Gasteiger partial charge in [0.05, 0.1) is 7.11 Å². The Labute approximate surface area is 157 Å². The molecule has 0 aliphatic carbocycles. The van der Waals surface area contributed by atoms with Gasteiger partial charge in [0.25, 0.3) is 0 Å². The number of phenols is 3. The van der Waals surface area contributed by atoms with E-state index in [0.29, 0.717) is 11.3 Å². The van der Waals surface area contributed by atoms with E-state index in [9.17, 15) is 15.3 Å². The summed E-state index contributed by atoms with van der Waals surface area (Å²) in [4.78, 5) is 0. The fourth-order valence-electron chi connectivity index (χ4n) is 3.12. The Morgan fingerprint density at radius 2 is 1.42 bits per heavy atom. The van der Waals surface area contributed by atoms with Gasteiger partial charge in [-0.3, -0.25) is 0 Å². The molecule has 0 fully saturated rings. The molecule has 4 nitrogen and oxygen atoms in total. The molecule has 2 aromatic carbocycles. The van der Waals surface area contributed by atoms with Crippen molar-refractivity contribution in [2.45, 2.75) is 60.3 Å². The number of phenolic OH excluding ortho intramolecular Hbond substituents is 3. The summed E-state index contributed by atoms with van der Waals surface area (Å²) in [5.41, 5.74) is 4.05. The molecule has 0 aliphatic heterocycles. The molecular formula is C22H32O4. The van der Waals surface area contributed by atoms with Gasteiger partial charge in [0.2, 0.25) is 0 Å². The van der Waals surface area contributed by atoms with Crippen molar-refractivity contribution in [3.8, 4) is 23.0 Å². The molecule has 2 rings (SSSR count). The van der Waals surface area contributed by atoms with Crippen molar-refractivity contribution < 1.29 is 20.1 Å². The Bertz CT molecular complexity index is 746. The number of ether oxygens (including phenoxy) is 1. The van der Waals surface area contributed by atoms with E-state index < -0.39 is 0 Å². The van der Waals surface area contributed by atoms with Crippen LogP contribution in [0, 0.1) is 20.8 Å². The van der Waals surface area contributed by atoms with Crippen molar-refractivity contribution in [1.82, 2.24) is 0 Å². The first-order chi connectivity index (χ1) is 11.9. The molecule has 26 heavy (non-hydrogen) atoms. The predicted molar refractivity (Wildman–Crippen MR) is 107 cm³/mol. The maximum absolute atomic E-state index is 9.82. The molecule has 3 N–H and O–H groups in total. The highest BCUT2D eigenvalue weighted by atomic mass is 16.5. The highest BCUT2D eigenvalue weighted by Crippen LogP contribution is 2.39. The van der Waals surface area contributed by atoms with Gasteiger partial charge in [0.15, 0.2) is 0 Å². The van der Waals surface area contributed by atoms with Crippen LogP contribution in [0.1, 0.15) is 55.5 Å². The minimum Gasteiger partial charge on any atom is -0.508 e. The summed E-state index contributed by atoms with van der Waals surface area (Å²) >= 11 is 0. The van der Waals surface area contributed by atoms with Crippen molar-refractivity contribution in [2.24, 2.45) is 0 Å². The topological polar surface area (TPSA) is 69.9 Å². The van der Waals surface area contributed by atoms with Gasteiger partial charge in [-0.05, 0) is 73.1 Å². The first-order valence-electron chi connectivity index (χ1n) is 8.83. The molecule has 0 amide bonds. The number of rotatable bonds is 2. The number of aryl methyl sites for hydroxylation is 3. The molecular weight excluding hydrogens is 328 g/mol. The van der Waals surface area contributed by atoms with Crippen LogP contribution in [0.5, 0.6) is 23.0 Å². The molecule has 4 heteroatoms. The van der Waals surface area contributed by atoms with Crippen molar-refractivity contribution in [3.05, 3.63) is 46.0 Å². The van der Waals surface area contributed by atoms with Gasteiger partial charge in [-0.15, -0.1) is 0 Å². The minimum absolute atomic E-state index is 0.153. The zero-order chi connectivity index (χ0) is 20.2. The number of hydrogen-bond donors (Lipinski definition) is 3. The van der Waals surface area contributed by atoms with Crippen molar-refractivity contribution in [3.63, 3.8) is 0 Å². The van der Waals surface area contributed by atoms with Gasteiger partial charge in [0, 0.05) is 5.56 Å². The van der Waals surface area contributed by atoms with Crippen LogP contribution in [-0.4, -0.2) is 22.4 Å². The summed E-state index contributed by atoms with van der Waals surface area (Å²) in [7, 11) is 1.64. The van der Waals surface area contributed by atoms with Crippen LogP contribution < -0.4 is 4.74 Å². The summed E-state index contributed by atoms with van der Waals surface area (Å²) in [6.45, 7) is 13.6. The third kappa shape index (κ3) is 4.84. The average molecular weight is 360 g/mol. The number of hydrogen-bond acceptors (Lipinski definition) is 4. The second-order valence-electron chi connectivity index (χ2n) is 7.62. The van der Waals surface area contributed by atoms with Gasteiger partial charge >= 0.3 is 0 Å². The summed E-state index contributed by atoms with van der Waals surface area (Å²) < 4.78 is 5.13. The van der Waals surface area contributed by atoms with E-state index in [1.54, 1.807) is 26.2 Å². The fraction of sp³-hybridized carbons (Fsp3) is 0.455. The molecule has 0 atom stereocenters. The zero-order valence-corrected chi connectivity index (χ0v) is 17.2. The maximum atomic E-state index is 9.82. The summed E-state index contributed by atoms with van der Waals surface area (Å²) in [5, 5.41) is 29.0. The van der Waals surface area contributed by atoms with E-state index in [2.05, 4.69) is 0 Å². The molecule has 0 saturated heterocycles. The SMILES string of the molecule is CCc1cc(OC)c(C)cc1O.Cc1cc(O)c(C(C)(C)C)c(C)c1O. The Hall–Kier alpha value is -2.36. The highest BCUT2D eigenvalue weighted by molar-refractivity contribution is 5.54. The fourth-order valence-corrected chi connectivity index (χ4v) is 3.12. The molecule has 0 aromatic heterocycles. The predicted octanol–water partition coefficient (Wildman–Crippen LogP) is 5.28. The summed E-state index contributed by atoms with van der Waals surface area (Å²) in [6.07, 6.45) is 0.822. The molecule has 144 valence electrons. The van der Waals surface area contributed by atoms with E-state index in [-0.39, 0.29) is 16.9 Å². The van der Waals surface area contributed by atoms with Crippen LogP contribution >= 0.6 is 0 Å². The average Bonchev–Trinajstić information content (AvgIpc) is 2.52. The van der Waals surface area contributed by atoms with Crippen LogP contribution in [-0.2, 0) is 11.8 Å². The molecule has 0 aliphatic rings. The van der Waals surface area contributed by atoms with E-state index >= 15 is 0 Å². The summed E-state index contributed by atoms with van der Waals surface area (Å²) in [5.74, 6) is 1.75. The second-order valence-corrected chi connectivity index (χ2v) is 7.62. The van der Waals surface area contributed by atoms with E-state index in [0.717, 1.165) is 34.4 Å². The largest absolute Gasteiger partial charge is 0.508 e. The zero-order valence-electron chi connectivity index (χ0n) is 17.2. The molecule has 0 spiro atoms. The van der Waals surface area contributed by atoms with Crippen LogP contribution in [0.25, 0.3) is 0 Å². The smallest absolute Gasteiger partial charge is 0.122 e. The Balaban J connectivity index is 0.000000263. The molecule has 0 heterocycles. The van der Waals surface area contributed by atoms with Crippen molar-refractivity contribution >= 4 is 0 Å². The van der Waals surface area contributed by atoms with Gasteiger partial charge < -0.3 is 20.1 Å². The van der Waals surface area contributed by atoms with E-state index in [1.165, 1.54) is 0 Å². The molecule has 0 saturated carbocycles. The first kappa shape index (κ1) is 21.7. The molecule has 2 aromatic rings. The standard InChI is InChI=1S/C12H18O2.C10H14O2/c1-7-6-9(13)10(12(3,4)5)8(2)11(7)14;1-4-8-6-10(12-3)7(2)5-9(8)11/h6,13-14H,1-5H3;5-6,11H,4H2,1-3H3. The van der Waals surface area contributed by atoms with Gasteiger partial charge in [-0.2, -0.15) is 0 Å². The van der Waals surface area contributed by atoms with E-state index in [4.69, 9.17) is 4.74 Å². The summed E-state index contributed by atoms with van der Waals surface area (Å²) in [6, 6.07) is 5.23. The lowest BCUT2D eigenvalue weighted by Crippen LogP contribution is -2.13. The lowest BCUT2D eigenvalue weighted by molar-refractivity contribution is 0.407. The Kier molecular flexibility index (Phi) is 6.96. The molecule has 0 radical (unpaired) electrons. The van der Waals surface area contributed by atoms with Crippen LogP contribution in [0.2, 0.25) is 0 Å². The molecule has 0 bridgehead atoms. The lowest BCUT2D eigenvalue weighted by atomic mass is 9.82. The van der Waals surface area contributed by atoms with Gasteiger partial charge in [0.1, 0.15) is 23.0 Å². The van der Waals surface area contributed by atoms with Gasteiger partial charge in [-0.1, -0.05) is 27.7 Å². The maximum Gasteiger partial charge on any atom is 0.122 e. The van der Waals surface area contributed by atoms with Gasteiger partial charge in [-0.25, -0.2) is 0 Å². The highest BCUT2D eigenvalue weighted by Gasteiger charge is 2.23.